The second-order valence-corrected chi connectivity index (χ2v) is 5.34. The Bertz CT molecular complexity index is 517. The number of nitriles is 1. The molecule has 76 valence electrons. The minimum Gasteiger partial charge on any atom is -0.198 e. The van der Waals surface area contributed by atoms with E-state index in [9.17, 15) is 0 Å². The summed E-state index contributed by atoms with van der Waals surface area (Å²) in [6.07, 6.45) is 0.827. The highest BCUT2D eigenvalue weighted by Gasteiger charge is 2.19. The van der Waals surface area contributed by atoms with Crippen LogP contribution in [0.3, 0.4) is 0 Å². The average molecular weight is 215 g/mol. The quantitative estimate of drug-likeness (QED) is 0.743. The van der Waals surface area contributed by atoms with E-state index < -0.39 is 0 Å². The topological polar surface area (TPSA) is 23.8 Å². The highest BCUT2D eigenvalue weighted by Crippen LogP contribution is 2.30. The third kappa shape index (κ3) is 2.03. The normalized spacial score (nSPS) is 11.5. The van der Waals surface area contributed by atoms with Crippen LogP contribution in [0.15, 0.2) is 29.6 Å². The van der Waals surface area contributed by atoms with Crippen molar-refractivity contribution in [2.45, 2.75) is 20.3 Å². The van der Waals surface area contributed by atoms with Gasteiger partial charge in [0.05, 0.1) is 11.5 Å². The van der Waals surface area contributed by atoms with Crippen molar-refractivity contribution in [3.05, 3.63) is 35.2 Å². The summed E-state index contributed by atoms with van der Waals surface area (Å²) in [4.78, 5) is 0. The molecular formula is C13H13NS. The van der Waals surface area contributed by atoms with Gasteiger partial charge in [0.1, 0.15) is 0 Å². The molecule has 2 aromatic rings. The summed E-state index contributed by atoms with van der Waals surface area (Å²) in [5.41, 5.74) is 1.02. The molecule has 0 amide bonds. The van der Waals surface area contributed by atoms with Gasteiger partial charge >= 0.3 is 0 Å². The zero-order chi connectivity index (χ0) is 10.9. The lowest BCUT2D eigenvalue weighted by Gasteiger charge is -2.13. The number of fused-ring (bicyclic) bond motifs is 1. The Morgan fingerprint density at radius 2 is 2.07 bits per heavy atom. The van der Waals surface area contributed by atoms with Crippen LogP contribution in [0.4, 0.5) is 0 Å². The minimum absolute atomic E-state index is 0.274. The standard InChI is InChI=1S/C13H13NS/c1-13(2,9-14)7-10-8-15-12-6-4-3-5-11(10)12/h3-6,8H,7H2,1-2H3. The van der Waals surface area contributed by atoms with Gasteiger partial charge in [0.2, 0.25) is 0 Å². The minimum atomic E-state index is -0.274. The monoisotopic (exact) mass is 215 g/mol. The number of rotatable bonds is 2. The Hall–Kier alpha value is -1.33. The first-order valence-corrected chi connectivity index (χ1v) is 5.87. The summed E-state index contributed by atoms with van der Waals surface area (Å²) >= 11 is 1.76. The van der Waals surface area contributed by atoms with Gasteiger partial charge in [-0.2, -0.15) is 5.26 Å². The summed E-state index contributed by atoms with van der Waals surface area (Å²) in [7, 11) is 0. The van der Waals surface area contributed by atoms with E-state index in [1.165, 1.54) is 15.6 Å². The van der Waals surface area contributed by atoms with Crippen molar-refractivity contribution >= 4 is 21.4 Å². The van der Waals surface area contributed by atoms with Crippen LogP contribution >= 0.6 is 11.3 Å². The first-order chi connectivity index (χ1) is 7.12. The number of thiophene rings is 1. The van der Waals surface area contributed by atoms with Gasteiger partial charge in [-0.25, -0.2) is 0 Å². The molecule has 1 heterocycles. The van der Waals surface area contributed by atoms with Crippen LogP contribution in [-0.4, -0.2) is 0 Å². The van der Waals surface area contributed by atoms with E-state index in [0.717, 1.165) is 6.42 Å². The SMILES string of the molecule is CC(C)(C#N)Cc1csc2ccccc12. The summed E-state index contributed by atoms with van der Waals surface area (Å²) < 4.78 is 1.31. The van der Waals surface area contributed by atoms with Crippen molar-refractivity contribution in [1.29, 1.82) is 5.26 Å². The molecule has 0 N–H and O–H groups in total. The molecule has 2 heteroatoms. The highest BCUT2D eigenvalue weighted by atomic mass is 32.1. The van der Waals surface area contributed by atoms with Gasteiger partial charge in [0.25, 0.3) is 0 Å². The first-order valence-electron chi connectivity index (χ1n) is 4.99. The Balaban J connectivity index is 2.42. The fourth-order valence-electron chi connectivity index (χ4n) is 1.69. The van der Waals surface area contributed by atoms with E-state index in [2.05, 4.69) is 35.7 Å². The van der Waals surface area contributed by atoms with Crippen LogP contribution in [0, 0.1) is 16.7 Å². The molecule has 0 radical (unpaired) electrons. The van der Waals surface area contributed by atoms with E-state index in [0.29, 0.717) is 0 Å². The second kappa shape index (κ2) is 3.67. The van der Waals surface area contributed by atoms with Gasteiger partial charge in [-0.1, -0.05) is 18.2 Å². The number of hydrogen-bond donors (Lipinski definition) is 0. The number of nitrogens with zero attached hydrogens (tertiary/aromatic N) is 1. The smallest absolute Gasteiger partial charge is 0.0687 e. The van der Waals surface area contributed by atoms with Gasteiger partial charge in [0.15, 0.2) is 0 Å². The Morgan fingerprint density at radius 1 is 1.33 bits per heavy atom. The van der Waals surface area contributed by atoms with Gasteiger partial charge in [-0.3, -0.25) is 0 Å². The molecule has 0 unspecified atom stereocenters. The van der Waals surface area contributed by atoms with E-state index in [1.54, 1.807) is 11.3 Å². The third-order valence-corrected chi connectivity index (χ3v) is 3.51. The van der Waals surface area contributed by atoms with E-state index in [1.807, 2.05) is 13.8 Å². The van der Waals surface area contributed by atoms with Crippen molar-refractivity contribution in [2.24, 2.45) is 5.41 Å². The van der Waals surface area contributed by atoms with E-state index in [4.69, 9.17) is 5.26 Å². The van der Waals surface area contributed by atoms with Crippen molar-refractivity contribution in [1.82, 2.24) is 0 Å². The number of benzene rings is 1. The van der Waals surface area contributed by atoms with Crippen LogP contribution in [0.25, 0.3) is 10.1 Å². The summed E-state index contributed by atoms with van der Waals surface area (Å²) in [5.74, 6) is 0. The van der Waals surface area contributed by atoms with Crippen molar-refractivity contribution < 1.29 is 0 Å². The Morgan fingerprint density at radius 3 is 2.80 bits per heavy atom. The van der Waals surface area contributed by atoms with Crippen LogP contribution in [0.2, 0.25) is 0 Å². The third-order valence-electron chi connectivity index (χ3n) is 2.50. The molecule has 0 spiro atoms. The largest absolute Gasteiger partial charge is 0.198 e. The zero-order valence-corrected chi connectivity index (χ0v) is 9.77. The molecule has 1 nitrogen and oxygen atoms in total. The molecule has 0 aliphatic carbocycles. The lowest BCUT2D eigenvalue weighted by Crippen LogP contribution is -2.11. The van der Waals surface area contributed by atoms with Crippen LogP contribution in [-0.2, 0) is 6.42 Å². The molecule has 0 aliphatic rings. The summed E-state index contributed by atoms with van der Waals surface area (Å²) in [6, 6.07) is 10.7. The predicted octanol–water partition coefficient (Wildman–Crippen LogP) is 3.99. The van der Waals surface area contributed by atoms with Crippen LogP contribution in [0.1, 0.15) is 19.4 Å². The predicted molar refractivity (Wildman–Crippen MR) is 64.9 cm³/mol. The zero-order valence-electron chi connectivity index (χ0n) is 8.95. The van der Waals surface area contributed by atoms with Crippen LogP contribution in [0.5, 0.6) is 0 Å². The molecule has 15 heavy (non-hydrogen) atoms. The van der Waals surface area contributed by atoms with Crippen molar-refractivity contribution in [3.8, 4) is 6.07 Å². The molecule has 0 saturated carbocycles. The first kappa shape index (κ1) is 10.2. The Kier molecular flexibility index (Phi) is 2.50. The molecule has 0 bridgehead atoms. The summed E-state index contributed by atoms with van der Waals surface area (Å²) in [6.45, 7) is 3.97. The van der Waals surface area contributed by atoms with Gasteiger partial charge < -0.3 is 0 Å². The highest BCUT2D eigenvalue weighted by molar-refractivity contribution is 7.17. The van der Waals surface area contributed by atoms with Crippen molar-refractivity contribution in [2.75, 3.05) is 0 Å². The number of hydrogen-bond acceptors (Lipinski definition) is 2. The molecule has 1 aromatic carbocycles. The average Bonchev–Trinajstić information content (AvgIpc) is 2.62. The molecule has 0 fully saturated rings. The molecule has 2 rings (SSSR count). The van der Waals surface area contributed by atoms with E-state index in [-0.39, 0.29) is 5.41 Å². The molecule has 1 aromatic heterocycles. The fraction of sp³-hybridized carbons (Fsp3) is 0.308. The second-order valence-electron chi connectivity index (χ2n) is 4.43. The Labute approximate surface area is 94.0 Å². The molecule has 0 atom stereocenters. The molecule has 0 aliphatic heterocycles. The van der Waals surface area contributed by atoms with Gasteiger partial charge in [-0.15, -0.1) is 11.3 Å². The maximum atomic E-state index is 9.02. The fourth-order valence-corrected chi connectivity index (χ4v) is 2.65. The van der Waals surface area contributed by atoms with Crippen molar-refractivity contribution in [3.63, 3.8) is 0 Å². The van der Waals surface area contributed by atoms with Gasteiger partial charge in [0, 0.05) is 4.70 Å². The lowest BCUT2D eigenvalue weighted by molar-refractivity contribution is 0.496. The van der Waals surface area contributed by atoms with Crippen LogP contribution < -0.4 is 0 Å². The molecular weight excluding hydrogens is 202 g/mol. The maximum Gasteiger partial charge on any atom is 0.0687 e. The lowest BCUT2D eigenvalue weighted by atomic mass is 9.87. The molecule has 0 saturated heterocycles. The van der Waals surface area contributed by atoms with Gasteiger partial charge in [-0.05, 0) is 42.7 Å². The maximum absolute atomic E-state index is 9.02. The van der Waals surface area contributed by atoms with E-state index >= 15 is 0 Å². The summed E-state index contributed by atoms with van der Waals surface area (Å²) in [5, 5.41) is 12.5.